The molecule has 2 aromatic rings. The number of hydrogen-bond donors (Lipinski definition) is 2. The third-order valence-corrected chi connectivity index (χ3v) is 5.32. The van der Waals surface area contributed by atoms with Crippen molar-refractivity contribution in [2.45, 2.75) is 26.2 Å². The number of amides is 1. The molecule has 2 aromatic heterocycles. The number of nitrogens with zero attached hydrogens (tertiary/aromatic N) is 2. The number of carboxylic acid groups (broad SMARTS) is 1. The Labute approximate surface area is 142 Å². The maximum absolute atomic E-state index is 12.5. The van der Waals surface area contributed by atoms with Gasteiger partial charge in [-0.25, -0.2) is 4.79 Å². The Hall–Kier alpha value is -2.72. The van der Waals surface area contributed by atoms with Gasteiger partial charge in [0.15, 0.2) is 0 Å². The van der Waals surface area contributed by atoms with Crippen molar-refractivity contribution in [2.75, 3.05) is 5.32 Å². The van der Waals surface area contributed by atoms with E-state index in [2.05, 4.69) is 23.3 Å². The second-order valence-corrected chi connectivity index (χ2v) is 6.95. The number of carboxylic acids is 1. The molecule has 0 spiro atoms. The SMILES string of the molecule is CC1CCc2c(sc(NC(=O)c3ccncc3C(=O)O)c2C#N)C1. The molecule has 3 rings (SSSR count). The third kappa shape index (κ3) is 2.88. The van der Waals surface area contributed by atoms with Gasteiger partial charge in [-0.05, 0) is 36.8 Å². The Kier molecular flexibility index (Phi) is 4.32. The van der Waals surface area contributed by atoms with Gasteiger partial charge in [-0.1, -0.05) is 6.92 Å². The molecule has 0 aliphatic heterocycles. The van der Waals surface area contributed by atoms with E-state index in [0.717, 1.165) is 35.9 Å². The van der Waals surface area contributed by atoms with Crippen LogP contribution in [0.4, 0.5) is 5.00 Å². The number of hydrogen-bond acceptors (Lipinski definition) is 5. The van der Waals surface area contributed by atoms with Crippen molar-refractivity contribution in [1.82, 2.24) is 4.98 Å². The highest BCUT2D eigenvalue weighted by Crippen LogP contribution is 2.39. The summed E-state index contributed by atoms with van der Waals surface area (Å²) in [6.45, 7) is 2.17. The Balaban J connectivity index is 1.94. The van der Waals surface area contributed by atoms with Crippen LogP contribution < -0.4 is 5.32 Å². The average Bonchev–Trinajstić information content (AvgIpc) is 2.90. The van der Waals surface area contributed by atoms with Gasteiger partial charge in [0, 0.05) is 17.3 Å². The number of nitriles is 1. The molecule has 2 N–H and O–H groups in total. The van der Waals surface area contributed by atoms with E-state index in [4.69, 9.17) is 0 Å². The number of pyridine rings is 1. The van der Waals surface area contributed by atoms with E-state index in [-0.39, 0.29) is 11.1 Å². The molecule has 122 valence electrons. The van der Waals surface area contributed by atoms with Crippen molar-refractivity contribution in [2.24, 2.45) is 5.92 Å². The first kappa shape index (κ1) is 16.1. The molecule has 1 aliphatic rings. The van der Waals surface area contributed by atoms with Gasteiger partial charge in [0.1, 0.15) is 11.1 Å². The molecule has 0 saturated heterocycles. The maximum Gasteiger partial charge on any atom is 0.338 e. The second kappa shape index (κ2) is 6.42. The highest BCUT2D eigenvalue weighted by Gasteiger charge is 2.25. The van der Waals surface area contributed by atoms with Gasteiger partial charge in [0.2, 0.25) is 0 Å². The van der Waals surface area contributed by atoms with E-state index < -0.39 is 11.9 Å². The molecule has 2 heterocycles. The largest absolute Gasteiger partial charge is 0.478 e. The maximum atomic E-state index is 12.5. The van der Waals surface area contributed by atoms with Gasteiger partial charge < -0.3 is 10.4 Å². The van der Waals surface area contributed by atoms with E-state index in [0.29, 0.717) is 16.5 Å². The number of aromatic carboxylic acids is 1. The summed E-state index contributed by atoms with van der Waals surface area (Å²) in [5.74, 6) is -1.20. The quantitative estimate of drug-likeness (QED) is 0.893. The smallest absolute Gasteiger partial charge is 0.338 e. The van der Waals surface area contributed by atoms with Gasteiger partial charge >= 0.3 is 5.97 Å². The molecule has 7 heteroatoms. The summed E-state index contributed by atoms with van der Waals surface area (Å²) in [6, 6.07) is 3.54. The van der Waals surface area contributed by atoms with Crippen molar-refractivity contribution in [1.29, 1.82) is 5.26 Å². The number of aromatic nitrogens is 1. The van der Waals surface area contributed by atoms with Crippen LogP contribution >= 0.6 is 11.3 Å². The van der Waals surface area contributed by atoms with Gasteiger partial charge in [0.05, 0.1) is 16.7 Å². The Morgan fingerprint density at radius 2 is 2.25 bits per heavy atom. The van der Waals surface area contributed by atoms with Crippen molar-refractivity contribution in [3.63, 3.8) is 0 Å². The summed E-state index contributed by atoms with van der Waals surface area (Å²) in [5, 5.41) is 21.8. The summed E-state index contributed by atoms with van der Waals surface area (Å²) in [4.78, 5) is 28.6. The summed E-state index contributed by atoms with van der Waals surface area (Å²) < 4.78 is 0. The Morgan fingerprint density at radius 3 is 2.96 bits per heavy atom. The Bertz CT molecular complexity index is 866. The normalized spacial score (nSPS) is 16.1. The van der Waals surface area contributed by atoms with Crippen LogP contribution in [0.25, 0.3) is 0 Å². The van der Waals surface area contributed by atoms with Gasteiger partial charge in [0.25, 0.3) is 5.91 Å². The van der Waals surface area contributed by atoms with Crippen LogP contribution in [0.2, 0.25) is 0 Å². The number of carbonyl (C=O) groups is 2. The summed E-state index contributed by atoms with van der Waals surface area (Å²) in [7, 11) is 0. The topological polar surface area (TPSA) is 103 Å². The molecule has 1 amide bonds. The van der Waals surface area contributed by atoms with Gasteiger partial charge in [-0.15, -0.1) is 11.3 Å². The van der Waals surface area contributed by atoms with Crippen LogP contribution in [-0.4, -0.2) is 22.0 Å². The molecule has 1 atom stereocenters. The third-order valence-electron chi connectivity index (χ3n) is 4.15. The summed E-state index contributed by atoms with van der Waals surface area (Å²) >= 11 is 1.41. The molecule has 1 aliphatic carbocycles. The number of thiophene rings is 1. The minimum absolute atomic E-state index is 0.0288. The molecule has 0 aromatic carbocycles. The molecular formula is C17H15N3O3S. The van der Waals surface area contributed by atoms with E-state index >= 15 is 0 Å². The lowest BCUT2D eigenvalue weighted by Crippen LogP contribution is -2.16. The summed E-state index contributed by atoms with van der Waals surface area (Å²) in [6.07, 6.45) is 5.28. The number of nitrogens with one attached hydrogen (secondary N) is 1. The van der Waals surface area contributed by atoms with E-state index in [1.165, 1.54) is 23.6 Å². The fourth-order valence-corrected chi connectivity index (χ4v) is 4.25. The first-order valence-electron chi connectivity index (χ1n) is 7.54. The molecule has 1 unspecified atom stereocenters. The van der Waals surface area contributed by atoms with Crippen molar-refractivity contribution >= 4 is 28.2 Å². The first-order chi connectivity index (χ1) is 11.5. The van der Waals surface area contributed by atoms with Crippen LogP contribution in [0.3, 0.4) is 0 Å². The van der Waals surface area contributed by atoms with E-state index in [1.807, 2.05) is 0 Å². The summed E-state index contributed by atoms with van der Waals surface area (Å²) in [5.41, 5.74) is 1.38. The van der Waals surface area contributed by atoms with Crippen LogP contribution in [0.15, 0.2) is 18.5 Å². The lowest BCUT2D eigenvalue weighted by Gasteiger charge is -2.17. The number of anilines is 1. The Morgan fingerprint density at radius 1 is 1.46 bits per heavy atom. The van der Waals surface area contributed by atoms with Crippen molar-refractivity contribution in [3.05, 3.63) is 45.6 Å². The minimum atomic E-state index is -1.21. The van der Waals surface area contributed by atoms with Crippen molar-refractivity contribution < 1.29 is 14.7 Å². The predicted molar refractivity (Wildman–Crippen MR) is 89.4 cm³/mol. The van der Waals surface area contributed by atoms with Gasteiger partial charge in [-0.2, -0.15) is 5.26 Å². The molecule has 0 saturated carbocycles. The highest BCUT2D eigenvalue weighted by molar-refractivity contribution is 7.16. The predicted octanol–water partition coefficient (Wildman–Crippen LogP) is 3.09. The van der Waals surface area contributed by atoms with Crippen LogP contribution in [-0.2, 0) is 12.8 Å². The monoisotopic (exact) mass is 341 g/mol. The molecular weight excluding hydrogens is 326 g/mol. The number of fused-ring (bicyclic) bond motifs is 1. The van der Waals surface area contributed by atoms with E-state index in [1.54, 1.807) is 0 Å². The fraction of sp³-hybridized carbons (Fsp3) is 0.294. The zero-order valence-corrected chi connectivity index (χ0v) is 13.8. The van der Waals surface area contributed by atoms with E-state index in [9.17, 15) is 20.0 Å². The van der Waals surface area contributed by atoms with Crippen LogP contribution in [0, 0.1) is 17.2 Å². The molecule has 0 radical (unpaired) electrons. The second-order valence-electron chi connectivity index (χ2n) is 5.85. The zero-order chi connectivity index (χ0) is 17.3. The average molecular weight is 341 g/mol. The fourth-order valence-electron chi connectivity index (χ4n) is 2.89. The molecule has 24 heavy (non-hydrogen) atoms. The lowest BCUT2D eigenvalue weighted by molar-refractivity contribution is 0.0692. The van der Waals surface area contributed by atoms with Crippen LogP contribution in [0.5, 0.6) is 0 Å². The lowest BCUT2D eigenvalue weighted by atomic mass is 9.88. The minimum Gasteiger partial charge on any atom is -0.478 e. The molecule has 0 fully saturated rings. The molecule has 6 nitrogen and oxygen atoms in total. The standard InChI is InChI=1S/C17H15N3O3S/c1-9-2-3-10-12(7-18)16(24-14(10)6-9)20-15(21)11-4-5-19-8-13(11)17(22)23/h4-5,8-9H,2-3,6H2,1H3,(H,20,21)(H,22,23). The number of carbonyl (C=O) groups excluding carboxylic acids is 1. The van der Waals surface area contributed by atoms with Crippen molar-refractivity contribution in [3.8, 4) is 6.07 Å². The highest BCUT2D eigenvalue weighted by atomic mass is 32.1. The number of rotatable bonds is 3. The zero-order valence-electron chi connectivity index (χ0n) is 13.0. The van der Waals surface area contributed by atoms with Gasteiger partial charge in [-0.3, -0.25) is 9.78 Å². The first-order valence-corrected chi connectivity index (χ1v) is 8.36. The van der Waals surface area contributed by atoms with Crippen LogP contribution in [0.1, 0.15) is 50.1 Å². The molecule has 0 bridgehead atoms.